The van der Waals surface area contributed by atoms with Crippen LogP contribution in [0, 0.1) is 11.8 Å². The number of fused-ring (bicyclic) bond motifs is 6. The smallest absolute Gasteiger partial charge is 0.158 e. The summed E-state index contributed by atoms with van der Waals surface area (Å²) in [7, 11) is -0.0860. The molecule has 0 bridgehead atoms. The van der Waals surface area contributed by atoms with Crippen LogP contribution in [0.15, 0.2) is 72.8 Å². The summed E-state index contributed by atoms with van der Waals surface area (Å²) in [5.74, 6) is 3.20. The Bertz CT molecular complexity index is 905. The van der Waals surface area contributed by atoms with Crippen LogP contribution < -0.4 is 0 Å². The fourth-order valence-corrected chi connectivity index (χ4v) is 13.2. The van der Waals surface area contributed by atoms with Crippen LogP contribution in [-0.2, 0) is 27.7 Å². The largest absolute Gasteiger partial charge is 0.425 e. The van der Waals surface area contributed by atoms with Gasteiger partial charge >= 0.3 is 175 Å². The van der Waals surface area contributed by atoms with E-state index in [1.54, 1.807) is 22.3 Å². The summed E-state index contributed by atoms with van der Waals surface area (Å²) in [6.07, 6.45) is 15.4. The molecule has 0 N–H and O–H groups in total. The molecule has 0 amide bonds. The summed E-state index contributed by atoms with van der Waals surface area (Å²) in [6.45, 7) is 5.06. The van der Waals surface area contributed by atoms with Crippen molar-refractivity contribution in [1.29, 1.82) is 0 Å². The molecular weight excluding hydrogens is 484 g/mol. The average Bonchev–Trinajstić information content (AvgIpc) is 3.34. The molecule has 0 aliphatic heterocycles. The maximum Gasteiger partial charge on any atom is 0.158 e. The first-order valence-electron chi connectivity index (χ1n) is 12.7. The molecule has 0 fully saturated rings. The summed E-state index contributed by atoms with van der Waals surface area (Å²) in [4.78, 5) is 0. The Morgan fingerprint density at radius 3 is 1.66 bits per heavy atom. The van der Waals surface area contributed by atoms with Crippen LogP contribution in [0.3, 0.4) is 0 Å². The number of allylic oxidation sites excluding steroid dienone is 4. The molecule has 6 rings (SSSR count). The predicted octanol–water partition coefficient (Wildman–Crippen LogP) is 6.83. The molecule has 0 radical (unpaired) electrons. The van der Waals surface area contributed by atoms with E-state index in [2.05, 4.69) is 79.4 Å². The van der Waals surface area contributed by atoms with E-state index in [1.165, 1.54) is 25.7 Å². The van der Waals surface area contributed by atoms with Gasteiger partial charge in [0.05, 0.1) is 0 Å². The molecule has 4 aliphatic carbocycles. The van der Waals surface area contributed by atoms with E-state index in [9.17, 15) is 0 Å². The van der Waals surface area contributed by atoms with Crippen LogP contribution in [0.1, 0.15) is 73.9 Å². The summed E-state index contributed by atoms with van der Waals surface area (Å²) < 4.78 is 6.78. The molecule has 6 atom stereocenters. The van der Waals surface area contributed by atoms with Gasteiger partial charge in [-0.2, -0.15) is 0 Å². The van der Waals surface area contributed by atoms with Gasteiger partial charge in [0.25, 0.3) is 0 Å². The van der Waals surface area contributed by atoms with E-state index < -0.39 is 23.2 Å². The monoisotopic (exact) mass is 518 g/mol. The second-order valence-corrected chi connectivity index (χ2v) is 14.4. The SMILES string of the molecule is C1=CC2c3ccccc3[CH]([Zr][CH]3c4ccccc4C4C=CCCC43)C2CC1.CCO[SiH2]C. The zero-order valence-electron chi connectivity index (χ0n) is 19.5. The van der Waals surface area contributed by atoms with Crippen molar-refractivity contribution in [3.05, 3.63) is 95.1 Å². The molecule has 166 valence electrons. The van der Waals surface area contributed by atoms with E-state index in [1.807, 2.05) is 6.92 Å². The summed E-state index contributed by atoms with van der Waals surface area (Å²) in [5.41, 5.74) is 6.79. The van der Waals surface area contributed by atoms with Crippen LogP contribution in [0.25, 0.3) is 0 Å². The van der Waals surface area contributed by atoms with Crippen molar-refractivity contribution in [1.82, 2.24) is 0 Å². The van der Waals surface area contributed by atoms with E-state index in [4.69, 9.17) is 4.43 Å². The molecule has 2 aromatic carbocycles. The van der Waals surface area contributed by atoms with Crippen molar-refractivity contribution in [3.63, 3.8) is 0 Å². The minimum Gasteiger partial charge on any atom is -0.425 e. The molecule has 0 heterocycles. The van der Waals surface area contributed by atoms with Gasteiger partial charge in [0.1, 0.15) is 0 Å². The second kappa shape index (κ2) is 10.5. The first kappa shape index (κ1) is 22.8. The zero-order chi connectivity index (χ0) is 21.9. The van der Waals surface area contributed by atoms with Crippen LogP contribution >= 0.6 is 0 Å². The second-order valence-electron chi connectivity index (χ2n) is 9.55. The van der Waals surface area contributed by atoms with Gasteiger partial charge in [-0.25, -0.2) is 0 Å². The quantitative estimate of drug-likeness (QED) is 0.318. The van der Waals surface area contributed by atoms with Crippen LogP contribution in [0.2, 0.25) is 6.55 Å². The third kappa shape index (κ3) is 4.26. The normalized spacial score (nSPS) is 31.4. The molecule has 32 heavy (non-hydrogen) atoms. The van der Waals surface area contributed by atoms with Crippen molar-refractivity contribution < 1.29 is 27.7 Å². The van der Waals surface area contributed by atoms with E-state index in [0.29, 0.717) is 11.8 Å². The topological polar surface area (TPSA) is 9.23 Å². The Morgan fingerprint density at radius 2 is 1.25 bits per heavy atom. The summed E-state index contributed by atoms with van der Waals surface area (Å²) in [6, 6.07) is 18.9. The maximum atomic E-state index is 4.97. The molecule has 0 saturated heterocycles. The van der Waals surface area contributed by atoms with Gasteiger partial charge in [0.2, 0.25) is 0 Å². The number of hydrogen-bond donors (Lipinski definition) is 0. The number of benzene rings is 2. The number of hydrogen-bond acceptors (Lipinski definition) is 1. The van der Waals surface area contributed by atoms with Gasteiger partial charge in [-0.15, -0.1) is 0 Å². The van der Waals surface area contributed by atoms with Crippen molar-refractivity contribution in [2.75, 3.05) is 6.61 Å². The molecule has 6 unspecified atom stereocenters. The predicted molar refractivity (Wildman–Crippen MR) is 134 cm³/mol. The molecule has 0 aromatic heterocycles. The van der Waals surface area contributed by atoms with Gasteiger partial charge in [-0.3, -0.25) is 0 Å². The first-order chi connectivity index (χ1) is 15.8. The van der Waals surface area contributed by atoms with E-state index >= 15 is 0 Å². The fraction of sp³-hybridized carbons (Fsp3) is 0.448. The van der Waals surface area contributed by atoms with Crippen molar-refractivity contribution in [3.8, 4) is 0 Å². The molecule has 1 nitrogen and oxygen atoms in total. The zero-order valence-corrected chi connectivity index (χ0v) is 23.4. The average molecular weight is 520 g/mol. The fourth-order valence-electron chi connectivity index (χ4n) is 6.61. The molecule has 2 aromatic rings. The van der Waals surface area contributed by atoms with E-state index in [0.717, 1.165) is 25.7 Å². The summed E-state index contributed by atoms with van der Waals surface area (Å²) in [5, 5.41) is 0. The number of rotatable bonds is 4. The van der Waals surface area contributed by atoms with Gasteiger partial charge < -0.3 is 4.43 Å². The van der Waals surface area contributed by atoms with Crippen LogP contribution in [0.4, 0.5) is 0 Å². The standard InChI is InChI=1S/2C13H13.C3H10OSi.Zr/c2*1-3-7-12-10(5-1)9-11-6-2-4-8-13(11)12;1-3-4-5-2;/h2*1,3-5,7-9,11,13H,2,6H2;3,5H2,1-2H3;. The van der Waals surface area contributed by atoms with Crippen molar-refractivity contribution in [2.24, 2.45) is 11.8 Å². The van der Waals surface area contributed by atoms with Gasteiger partial charge in [0, 0.05) is 6.61 Å². The Kier molecular flexibility index (Phi) is 7.46. The third-order valence-corrected chi connectivity index (χ3v) is 14.2. The summed E-state index contributed by atoms with van der Waals surface area (Å²) >= 11 is -0.610. The van der Waals surface area contributed by atoms with Gasteiger partial charge in [0.15, 0.2) is 9.76 Å². The third-order valence-electron chi connectivity index (χ3n) is 7.95. The van der Waals surface area contributed by atoms with Crippen molar-refractivity contribution in [2.45, 2.75) is 58.2 Å². The molecule has 0 spiro atoms. The minimum atomic E-state index is -0.610. The minimum absolute atomic E-state index is 0.0860. The van der Waals surface area contributed by atoms with Gasteiger partial charge in [-0.1, -0.05) is 6.55 Å². The molecular formula is C29H36OSiZr. The van der Waals surface area contributed by atoms with Crippen molar-refractivity contribution >= 4 is 9.76 Å². The first-order valence-corrected chi connectivity index (χ1v) is 17.5. The molecule has 3 heteroatoms. The van der Waals surface area contributed by atoms with Crippen LogP contribution in [0.5, 0.6) is 0 Å². The van der Waals surface area contributed by atoms with Crippen LogP contribution in [-0.4, -0.2) is 16.4 Å². The maximum absolute atomic E-state index is 4.97. The molecule has 4 aliphatic rings. The van der Waals surface area contributed by atoms with Gasteiger partial charge in [-0.05, 0) is 6.92 Å². The Balaban J connectivity index is 0.000000393. The Morgan fingerprint density at radius 1 is 0.781 bits per heavy atom. The Hall–Kier alpha value is -1.02. The van der Waals surface area contributed by atoms with E-state index in [-0.39, 0.29) is 9.76 Å². The molecule has 0 saturated carbocycles. The Labute approximate surface area is 208 Å².